The summed E-state index contributed by atoms with van der Waals surface area (Å²) in [4.78, 5) is 9.12. The second kappa shape index (κ2) is 10.5. The quantitative estimate of drug-likeness (QED) is 0.397. The zero-order chi connectivity index (χ0) is 16.8. The molecule has 0 aliphatic carbocycles. The molecule has 0 aromatic carbocycles. The molecule has 1 saturated heterocycles. The van der Waals surface area contributed by atoms with E-state index in [0.717, 1.165) is 30.0 Å². The summed E-state index contributed by atoms with van der Waals surface area (Å²) >= 11 is 6.06. The van der Waals surface area contributed by atoms with Crippen molar-refractivity contribution in [2.75, 3.05) is 40.3 Å². The summed E-state index contributed by atoms with van der Waals surface area (Å²) in [5, 5.41) is 4.31. The molecule has 1 aromatic heterocycles. The minimum Gasteiger partial charge on any atom is -0.356 e. The maximum Gasteiger partial charge on any atom is 0.193 e. The average Bonchev–Trinajstić information content (AvgIpc) is 3.07. The predicted molar refractivity (Wildman–Crippen MR) is 114 cm³/mol. The molecular formula is C17H31ClIN5. The first-order chi connectivity index (χ1) is 11.0. The van der Waals surface area contributed by atoms with Gasteiger partial charge in [0.15, 0.2) is 5.96 Å². The number of aryl methyl sites for hydroxylation is 1. The molecule has 1 fully saturated rings. The van der Waals surface area contributed by atoms with E-state index in [0.29, 0.717) is 0 Å². The zero-order valence-corrected chi connectivity index (χ0v) is 18.3. The molecular weight excluding hydrogens is 437 g/mol. The fraction of sp³-hybridized carbons (Fsp3) is 0.706. The molecule has 2 rings (SSSR count). The Bertz CT molecular complexity index is 531. The van der Waals surface area contributed by atoms with E-state index in [-0.39, 0.29) is 24.0 Å². The van der Waals surface area contributed by atoms with Gasteiger partial charge in [0.05, 0.1) is 11.6 Å². The van der Waals surface area contributed by atoms with Gasteiger partial charge in [0, 0.05) is 46.1 Å². The molecule has 7 heteroatoms. The molecule has 1 aromatic rings. The van der Waals surface area contributed by atoms with Crippen LogP contribution in [0.4, 0.5) is 0 Å². The summed E-state index contributed by atoms with van der Waals surface area (Å²) in [7, 11) is 5.93. The largest absolute Gasteiger partial charge is 0.356 e. The number of aliphatic imine (C=N–C) groups is 1. The van der Waals surface area contributed by atoms with E-state index < -0.39 is 0 Å². The molecule has 1 aliphatic heterocycles. The number of guanidine groups is 1. The number of halogens is 2. The first-order valence-electron chi connectivity index (χ1n) is 8.48. The van der Waals surface area contributed by atoms with Crippen LogP contribution in [-0.2, 0) is 13.6 Å². The van der Waals surface area contributed by atoms with Crippen molar-refractivity contribution in [3.63, 3.8) is 0 Å². The molecule has 1 N–H and O–H groups in total. The maximum absolute atomic E-state index is 6.06. The van der Waals surface area contributed by atoms with E-state index in [1.807, 2.05) is 26.4 Å². The molecule has 1 atom stereocenters. The Balaban J connectivity index is 0.00000288. The Morgan fingerprint density at radius 3 is 2.83 bits per heavy atom. The number of hydrogen-bond acceptors (Lipinski definition) is 2. The van der Waals surface area contributed by atoms with Gasteiger partial charge in [-0.2, -0.15) is 0 Å². The Kier molecular flexibility index (Phi) is 9.44. The van der Waals surface area contributed by atoms with Crippen molar-refractivity contribution < 1.29 is 0 Å². The lowest BCUT2D eigenvalue weighted by molar-refractivity contribution is 0.324. The third-order valence-corrected chi connectivity index (χ3v) is 4.71. The SMILES string of the molecule is CCCN1CCC(CNC(=NC)N(C)Cc2cc(Cl)cn2C)C1.I. The van der Waals surface area contributed by atoms with Crippen molar-refractivity contribution in [1.29, 1.82) is 0 Å². The molecule has 5 nitrogen and oxygen atoms in total. The van der Waals surface area contributed by atoms with Crippen LogP contribution in [0, 0.1) is 5.92 Å². The topological polar surface area (TPSA) is 35.8 Å². The molecule has 0 radical (unpaired) electrons. The molecule has 1 unspecified atom stereocenters. The third kappa shape index (κ3) is 6.11. The van der Waals surface area contributed by atoms with Crippen molar-refractivity contribution in [3.8, 4) is 0 Å². The monoisotopic (exact) mass is 467 g/mol. The van der Waals surface area contributed by atoms with Gasteiger partial charge in [-0.15, -0.1) is 24.0 Å². The van der Waals surface area contributed by atoms with Gasteiger partial charge in [0.25, 0.3) is 0 Å². The number of rotatable bonds is 6. The van der Waals surface area contributed by atoms with Crippen LogP contribution >= 0.6 is 35.6 Å². The van der Waals surface area contributed by atoms with Crippen LogP contribution in [0.1, 0.15) is 25.5 Å². The Morgan fingerprint density at radius 1 is 1.50 bits per heavy atom. The lowest BCUT2D eigenvalue weighted by Gasteiger charge is -2.24. The number of nitrogens with zero attached hydrogens (tertiary/aromatic N) is 4. The molecule has 0 bridgehead atoms. The van der Waals surface area contributed by atoms with Crippen LogP contribution in [0.15, 0.2) is 17.3 Å². The molecule has 0 saturated carbocycles. The summed E-state index contributed by atoms with van der Waals surface area (Å²) < 4.78 is 2.06. The minimum absolute atomic E-state index is 0. The van der Waals surface area contributed by atoms with Crippen LogP contribution in [0.3, 0.4) is 0 Å². The number of aromatic nitrogens is 1. The van der Waals surface area contributed by atoms with Gasteiger partial charge in [-0.05, 0) is 37.9 Å². The van der Waals surface area contributed by atoms with Crippen molar-refractivity contribution in [2.24, 2.45) is 18.0 Å². The average molecular weight is 468 g/mol. The Labute approximate surface area is 168 Å². The second-order valence-corrected chi connectivity index (χ2v) is 6.94. The van der Waals surface area contributed by atoms with Crippen molar-refractivity contribution in [2.45, 2.75) is 26.3 Å². The summed E-state index contributed by atoms with van der Waals surface area (Å²) in [6, 6.07) is 2.00. The smallest absolute Gasteiger partial charge is 0.193 e. The normalized spacial score (nSPS) is 18.5. The van der Waals surface area contributed by atoms with Crippen LogP contribution < -0.4 is 5.32 Å². The van der Waals surface area contributed by atoms with Crippen molar-refractivity contribution in [1.82, 2.24) is 19.7 Å². The maximum atomic E-state index is 6.06. The van der Waals surface area contributed by atoms with Crippen LogP contribution in [0.5, 0.6) is 0 Å². The van der Waals surface area contributed by atoms with E-state index in [9.17, 15) is 0 Å². The van der Waals surface area contributed by atoms with E-state index in [1.165, 1.54) is 38.2 Å². The van der Waals surface area contributed by atoms with Gasteiger partial charge >= 0.3 is 0 Å². The van der Waals surface area contributed by atoms with Gasteiger partial charge in [0.2, 0.25) is 0 Å². The highest BCUT2D eigenvalue weighted by atomic mass is 127. The number of hydrogen-bond donors (Lipinski definition) is 1. The highest BCUT2D eigenvalue weighted by Crippen LogP contribution is 2.16. The standard InChI is InChI=1S/C17H30ClN5.HI/c1-5-7-23-8-6-14(11-23)10-20-17(19-2)22(4)13-16-9-15(18)12-21(16)3;/h9,12,14H,5-8,10-11,13H2,1-4H3,(H,19,20);1H. The first-order valence-corrected chi connectivity index (χ1v) is 8.86. The van der Waals surface area contributed by atoms with E-state index in [2.05, 4.69) is 38.6 Å². The summed E-state index contributed by atoms with van der Waals surface area (Å²) in [5.41, 5.74) is 1.18. The van der Waals surface area contributed by atoms with Gasteiger partial charge in [-0.1, -0.05) is 18.5 Å². The molecule has 2 heterocycles. The fourth-order valence-corrected chi connectivity index (χ4v) is 3.53. The Hall–Kier alpha value is -0.470. The van der Waals surface area contributed by atoms with Crippen LogP contribution in [0.2, 0.25) is 5.02 Å². The minimum atomic E-state index is 0. The summed E-state index contributed by atoms with van der Waals surface area (Å²) in [5.74, 6) is 1.66. The van der Waals surface area contributed by atoms with E-state index >= 15 is 0 Å². The molecule has 0 amide bonds. The van der Waals surface area contributed by atoms with Crippen LogP contribution in [0.25, 0.3) is 0 Å². The lowest BCUT2D eigenvalue weighted by Crippen LogP contribution is -2.41. The van der Waals surface area contributed by atoms with Crippen LogP contribution in [-0.4, -0.2) is 60.6 Å². The predicted octanol–water partition coefficient (Wildman–Crippen LogP) is 3.04. The molecule has 0 spiro atoms. The first kappa shape index (κ1) is 21.6. The Morgan fingerprint density at radius 2 is 2.25 bits per heavy atom. The highest BCUT2D eigenvalue weighted by Gasteiger charge is 2.22. The van der Waals surface area contributed by atoms with E-state index in [4.69, 9.17) is 11.6 Å². The fourth-order valence-electron chi connectivity index (χ4n) is 3.26. The lowest BCUT2D eigenvalue weighted by atomic mass is 10.1. The van der Waals surface area contributed by atoms with E-state index in [1.54, 1.807) is 0 Å². The van der Waals surface area contributed by atoms with Gasteiger partial charge in [0.1, 0.15) is 0 Å². The zero-order valence-electron chi connectivity index (χ0n) is 15.3. The van der Waals surface area contributed by atoms with Gasteiger partial charge in [-0.25, -0.2) is 0 Å². The van der Waals surface area contributed by atoms with Gasteiger partial charge in [-0.3, -0.25) is 4.99 Å². The summed E-state index contributed by atoms with van der Waals surface area (Å²) in [6.07, 6.45) is 4.45. The second-order valence-electron chi connectivity index (χ2n) is 6.50. The molecule has 24 heavy (non-hydrogen) atoms. The molecule has 138 valence electrons. The van der Waals surface area contributed by atoms with Crippen molar-refractivity contribution in [3.05, 3.63) is 23.0 Å². The molecule has 1 aliphatic rings. The van der Waals surface area contributed by atoms with Crippen molar-refractivity contribution >= 4 is 41.5 Å². The highest BCUT2D eigenvalue weighted by molar-refractivity contribution is 14.0. The van der Waals surface area contributed by atoms with Gasteiger partial charge < -0.3 is 19.7 Å². The third-order valence-electron chi connectivity index (χ3n) is 4.51. The number of likely N-dealkylation sites (tertiary alicyclic amines) is 1. The summed E-state index contributed by atoms with van der Waals surface area (Å²) in [6.45, 7) is 7.68. The number of nitrogens with one attached hydrogen (secondary N) is 1.